The first-order valence-electron chi connectivity index (χ1n) is 41.9. The molecule has 12 aromatic rings. The van der Waals surface area contributed by atoms with E-state index in [4.69, 9.17) is 48.4 Å². The van der Waals surface area contributed by atoms with E-state index in [0.717, 1.165) is 158 Å². The maximum Gasteiger partial charge on any atom is 0.225 e. The van der Waals surface area contributed by atoms with Crippen molar-refractivity contribution >= 4 is 66.7 Å². The second-order valence-corrected chi connectivity index (χ2v) is 33.9. The van der Waals surface area contributed by atoms with Gasteiger partial charge in [-0.2, -0.15) is 35.7 Å². The topological polar surface area (TPSA) is 300 Å². The highest BCUT2D eigenvalue weighted by Crippen LogP contribution is 2.41. The molecule has 0 amide bonds. The molecule has 18 rings (SSSR count). The molecule has 616 valence electrons. The van der Waals surface area contributed by atoms with Crippen LogP contribution < -0.4 is 23.7 Å². The van der Waals surface area contributed by atoms with E-state index in [-0.39, 0.29) is 59.9 Å². The maximum absolute atomic E-state index is 11.7. The number of hydrogen-bond acceptors (Lipinski definition) is 21. The van der Waals surface area contributed by atoms with Crippen molar-refractivity contribution in [2.75, 3.05) is 13.7 Å². The zero-order valence-corrected chi connectivity index (χ0v) is 69.8. The lowest BCUT2D eigenvalue weighted by Gasteiger charge is -2.22. The van der Waals surface area contributed by atoms with Crippen LogP contribution in [-0.2, 0) is 64.1 Å². The van der Waals surface area contributed by atoms with Crippen LogP contribution >= 0.6 is 0 Å². The summed E-state index contributed by atoms with van der Waals surface area (Å²) in [7, 11) is 9.26. The second kappa shape index (κ2) is 35.0. The van der Waals surface area contributed by atoms with Gasteiger partial charge in [-0.15, -0.1) is 0 Å². The van der Waals surface area contributed by atoms with E-state index in [2.05, 4.69) is 86.4 Å². The Bertz CT molecular complexity index is 5400. The number of ketones is 4. The summed E-state index contributed by atoms with van der Waals surface area (Å²) in [5, 5.41) is 35.4. The number of benzene rings is 1. The van der Waals surface area contributed by atoms with Crippen molar-refractivity contribution < 1.29 is 47.6 Å². The molecule has 28 heteroatoms. The number of nitrogens with zero attached hydrogens (tertiary/aromatic N) is 18. The molecule has 1 unspecified atom stereocenters. The summed E-state index contributed by atoms with van der Waals surface area (Å²) < 4.78 is 49.6. The van der Waals surface area contributed by atoms with Gasteiger partial charge in [0, 0.05) is 175 Å². The van der Waals surface area contributed by atoms with Crippen molar-refractivity contribution in [3.63, 3.8) is 0 Å². The third-order valence-corrected chi connectivity index (χ3v) is 24.0. The van der Waals surface area contributed by atoms with Crippen LogP contribution in [0.4, 0.5) is 0 Å². The predicted molar refractivity (Wildman–Crippen MR) is 445 cm³/mol. The third-order valence-electron chi connectivity index (χ3n) is 24.0. The van der Waals surface area contributed by atoms with Gasteiger partial charge in [0.15, 0.2) is 0 Å². The average molecular weight is 1590 g/mol. The minimum absolute atomic E-state index is 0.0123. The lowest BCUT2D eigenvalue weighted by atomic mass is 9.96. The molecule has 0 radical (unpaired) electrons. The molecule has 0 bridgehead atoms. The van der Waals surface area contributed by atoms with Crippen molar-refractivity contribution in [1.82, 2.24) is 88.4 Å². The quantitative estimate of drug-likeness (QED) is 0.0684. The number of fused-ring (bicyclic) bond motifs is 4. The predicted octanol–water partition coefficient (Wildman–Crippen LogP) is 16.2. The Labute approximate surface area is 681 Å². The Morgan fingerprint density at radius 3 is 1.15 bits per heavy atom. The summed E-state index contributed by atoms with van der Waals surface area (Å²) in [6.07, 6.45) is 38.0. The molecule has 5 aliphatic carbocycles. The van der Waals surface area contributed by atoms with Crippen LogP contribution in [-0.4, -0.2) is 150 Å². The number of methoxy groups -OCH3 is 1. The van der Waals surface area contributed by atoms with Gasteiger partial charge in [-0.25, -0.2) is 24.6 Å². The smallest absolute Gasteiger partial charge is 0.225 e. The van der Waals surface area contributed by atoms with E-state index in [9.17, 15) is 19.2 Å². The van der Waals surface area contributed by atoms with Gasteiger partial charge in [0.1, 0.15) is 59.5 Å². The molecule has 6 fully saturated rings. The minimum atomic E-state index is -0.101. The highest BCUT2D eigenvalue weighted by atomic mass is 16.5. The molecule has 12 heterocycles. The number of rotatable bonds is 20. The fourth-order valence-corrected chi connectivity index (χ4v) is 17.0. The molecule has 28 nitrogen and oxygen atoms in total. The summed E-state index contributed by atoms with van der Waals surface area (Å²) in [6.45, 7) is 17.3. The van der Waals surface area contributed by atoms with Crippen LogP contribution in [0.3, 0.4) is 0 Å². The number of ether oxygens (including phenoxy) is 6. The van der Waals surface area contributed by atoms with Gasteiger partial charge in [0.25, 0.3) is 0 Å². The number of aromatic nitrogens is 18. The molecule has 0 N–H and O–H groups in total. The Morgan fingerprint density at radius 1 is 0.436 bits per heavy atom. The van der Waals surface area contributed by atoms with Crippen molar-refractivity contribution in [3.05, 3.63) is 110 Å². The molecular formula is C89H110N18O10. The Balaban J connectivity index is 0.000000122. The standard InChI is InChI=1S/C23H29N5O2.C23H27N3O3.C22H27N5O3.C21H27N5O2/c1-15(16-8-9-19(29)10-16)30-23-20-14-27(2)26-22(20)11-21(25-23)17-12-24-28(13-17)18-6-4-3-5-7-18;1-5-15-6-7-17(11-22(15)28-4)20-12-21-19(13-26(3)25-21)23(24-20)29-14(2)16-8-9-18(27)10-16;1-14(15-6-7-17(28)9-15)30-22-18-13-26(2)25-20(18)10-19(24-22)16-11-23-27(12-16)21-5-3-4-8-29-21;1-13(14-6-7-16(27)8-14)28-20-17-12-25(5)24-19(17)9-18(23-20)15-10-22-26(11-15)21(2,3)4/h11-16,18H,3-10H2,1-2H3;6-7,11-14,16H,5,8-10H2,1-4H3;10-15,21H,3-9H2,1-2H3;9-14H,6-8H2,1-5H3/t15-,16+;14-,16+;14-,15+,21?;13-,14+/m1111/s1. The van der Waals surface area contributed by atoms with Crippen molar-refractivity contribution in [2.45, 2.75) is 232 Å². The maximum atomic E-state index is 11.7. The highest BCUT2D eigenvalue weighted by Gasteiger charge is 2.35. The second-order valence-electron chi connectivity index (χ2n) is 33.9. The third kappa shape index (κ3) is 18.9. The molecule has 1 saturated heterocycles. The number of carbonyl (C=O) groups excluding carboxylic acids is 4. The Hall–Kier alpha value is -11.0. The number of Topliss-reactive ketones (excluding diaryl/α,β-unsaturated/α-hetero) is 4. The first kappa shape index (κ1) is 81.1. The van der Waals surface area contributed by atoms with Crippen molar-refractivity contribution in [3.8, 4) is 74.3 Å². The summed E-state index contributed by atoms with van der Waals surface area (Å²) in [6, 6.07) is 14.6. The molecule has 1 aliphatic heterocycles. The van der Waals surface area contributed by atoms with Crippen LogP contribution in [0.2, 0.25) is 0 Å². The van der Waals surface area contributed by atoms with Gasteiger partial charge in [-0.3, -0.25) is 47.3 Å². The SMILES string of the molecule is CCc1ccc(-c2cc3nn(C)cc3c(O[C@H](C)[C@H]3CCC(=O)C3)n2)cc1OC.C[C@@H](Oc1nc(-c2cnn(C(C)(C)C)c2)cc2nn(C)cc12)[C@H]1CCC(=O)C1.C[C@@H](Oc1nc(-c2cnn(C3CCCCC3)c2)cc2nn(C)cc12)[C@H]1CCC(=O)C1.C[C@@H](Oc1nc(-c2cnn(C3CCCCO3)c2)cc2nn(C)cc12)[C@H]1CCC(=O)C1. The van der Waals surface area contributed by atoms with Gasteiger partial charge in [0.05, 0.1) is 104 Å². The number of aryl methyl sites for hydroxylation is 5. The lowest BCUT2D eigenvalue weighted by molar-refractivity contribution is -0.118. The van der Waals surface area contributed by atoms with Gasteiger partial charge < -0.3 is 28.4 Å². The molecule has 9 atom stereocenters. The van der Waals surface area contributed by atoms with Gasteiger partial charge in [-0.1, -0.05) is 38.3 Å². The normalized spacial score (nSPS) is 20.3. The number of carbonyl (C=O) groups is 4. The first-order chi connectivity index (χ1) is 56.3. The molecule has 117 heavy (non-hydrogen) atoms. The monoisotopic (exact) mass is 1590 g/mol. The summed E-state index contributed by atoms with van der Waals surface area (Å²) in [4.78, 5) is 66.0. The molecule has 5 saturated carbocycles. The van der Waals surface area contributed by atoms with Crippen molar-refractivity contribution in [2.24, 2.45) is 51.9 Å². The summed E-state index contributed by atoms with van der Waals surface area (Å²) in [5.41, 5.74) is 11.4. The van der Waals surface area contributed by atoms with Crippen LogP contribution in [0.25, 0.3) is 88.6 Å². The van der Waals surface area contributed by atoms with E-state index in [1.54, 1.807) is 25.8 Å². The zero-order valence-electron chi connectivity index (χ0n) is 69.8. The first-order valence-corrected chi connectivity index (χ1v) is 41.9. The van der Waals surface area contributed by atoms with E-state index in [0.29, 0.717) is 104 Å². The zero-order chi connectivity index (χ0) is 81.9. The number of hydrogen-bond donors (Lipinski definition) is 0. The largest absolute Gasteiger partial charge is 0.496 e. The van der Waals surface area contributed by atoms with Crippen LogP contribution in [0.15, 0.2) is 104 Å². The van der Waals surface area contributed by atoms with Gasteiger partial charge in [0.2, 0.25) is 23.5 Å². The Kier molecular flexibility index (Phi) is 24.3. The molecule has 6 aliphatic rings. The van der Waals surface area contributed by atoms with Crippen molar-refractivity contribution in [1.29, 1.82) is 0 Å². The lowest BCUT2D eigenvalue weighted by Crippen LogP contribution is -2.22. The average Bonchev–Trinajstić information content (AvgIpc) is 1.68. The summed E-state index contributed by atoms with van der Waals surface area (Å²) in [5.74, 6) is 5.41. The van der Waals surface area contributed by atoms with Crippen LogP contribution in [0.1, 0.15) is 202 Å². The fourth-order valence-electron chi connectivity index (χ4n) is 17.0. The van der Waals surface area contributed by atoms with E-state index in [1.165, 1.54) is 32.1 Å². The summed E-state index contributed by atoms with van der Waals surface area (Å²) >= 11 is 0. The minimum Gasteiger partial charge on any atom is -0.496 e. The van der Waals surface area contributed by atoms with Crippen LogP contribution in [0, 0.1) is 23.7 Å². The van der Waals surface area contributed by atoms with Gasteiger partial charge >= 0.3 is 0 Å². The van der Waals surface area contributed by atoms with Gasteiger partial charge in [-0.05, 0) is 149 Å². The van der Waals surface area contributed by atoms with E-state index < -0.39 is 0 Å². The molecule has 11 aromatic heterocycles. The van der Waals surface area contributed by atoms with E-state index in [1.807, 2.05) is 151 Å². The highest BCUT2D eigenvalue weighted by molar-refractivity contribution is 5.90. The fraction of sp³-hybridized carbons (Fsp3) is 0.517. The van der Waals surface area contributed by atoms with Crippen LogP contribution in [0.5, 0.6) is 29.3 Å². The molecule has 1 aromatic carbocycles. The molecule has 0 spiro atoms. The van der Waals surface area contributed by atoms with E-state index >= 15 is 0 Å². The molecular weight excluding hydrogens is 1480 g/mol. The number of pyridine rings is 4. The Morgan fingerprint density at radius 2 is 0.803 bits per heavy atom.